The molecule has 0 aromatic heterocycles. The van der Waals surface area contributed by atoms with Gasteiger partial charge in [-0.25, -0.2) is 4.79 Å². The number of nitrogens with one attached hydrogen (secondary N) is 1. The summed E-state index contributed by atoms with van der Waals surface area (Å²) in [4.78, 5) is 38.6. The Kier molecular flexibility index (Phi) is 8.23. The highest BCUT2D eigenvalue weighted by atomic mass is 16.5. The fraction of sp³-hybridized carbons (Fsp3) is 0.300. The lowest BCUT2D eigenvalue weighted by Crippen LogP contribution is -2.44. The molecule has 2 N–H and O–H groups in total. The predicted molar refractivity (Wildman–Crippen MR) is 141 cm³/mol. The summed E-state index contributed by atoms with van der Waals surface area (Å²) in [5.74, 6) is -1.55. The molecule has 7 nitrogen and oxygen atoms in total. The van der Waals surface area contributed by atoms with E-state index in [4.69, 9.17) is 4.74 Å². The lowest BCUT2D eigenvalue weighted by atomic mass is 9.98. The van der Waals surface area contributed by atoms with Crippen molar-refractivity contribution in [2.24, 2.45) is 5.92 Å². The second-order valence-corrected chi connectivity index (χ2v) is 9.65. The first-order valence-electron chi connectivity index (χ1n) is 12.5. The number of hydrogen-bond donors (Lipinski definition) is 2. The van der Waals surface area contributed by atoms with Gasteiger partial charge in [0.05, 0.1) is 0 Å². The molecule has 0 saturated carbocycles. The van der Waals surface area contributed by atoms with Crippen molar-refractivity contribution in [1.29, 1.82) is 0 Å². The van der Waals surface area contributed by atoms with Gasteiger partial charge in [-0.15, -0.1) is 0 Å². The van der Waals surface area contributed by atoms with E-state index in [1.54, 1.807) is 0 Å². The van der Waals surface area contributed by atoms with Crippen LogP contribution in [0.4, 0.5) is 4.79 Å². The van der Waals surface area contributed by atoms with Gasteiger partial charge in [0.2, 0.25) is 5.91 Å². The Labute approximate surface area is 217 Å². The highest BCUT2D eigenvalue weighted by Crippen LogP contribution is 2.44. The second kappa shape index (κ2) is 11.7. The SMILES string of the molecule is CC(C)[C@@H](CC(=O)N(CC(=O)O)Cc1ccccc1)NC(=O)OCC1c2ccccc2-c2ccccc21. The van der Waals surface area contributed by atoms with Crippen molar-refractivity contribution in [2.75, 3.05) is 13.2 Å². The van der Waals surface area contributed by atoms with E-state index in [0.29, 0.717) is 0 Å². The van der Waals surface area contributed by atoms with Crippen molar-refractivity contribution in [1.82, 2.24) is 10.2 Å². The quantitative estimate of drug-likeness (QED) is 0.406. The second-order valence-electron chi connectivity index (χ2n) is 9.65. The van der Waals surface area contributed by atoms with Crippen molar-refractivity contribution in [3.8, 4) is 11.1 Å². The number of nitrogens with zero attached hydrogens (tertiary/aromatic N) is 1. The Bertz CT molecular complexity index is 1210. The van der Waals surface area contributed by atoms with E-state index in [-0.39, 0.29) is 37.3 Å². The minimum absolute atomic E-state index is 0.0258. The van der Waals surface area contributed by atoms with Crippen LogP contribution in [0.25, 0.3) is 11.1 Å². The average molecular weight is 501 g/mol. The number of fused-ring (bicyclic) bond motifs is 3. The van der Waals surface area contributed by atoms with E-state index >= 15 is 0 Å². The molecule has 0 saturated heterocycles. The van der Waals surface area contributed by atoms with Crippen LogP contribution in [0.2, 0.25) is 0 Å². The number of carboxylic acids is 1. The molecule has 0 fully saturated rings. The third-order valence-electron chi connectivity index (χ3n) is 6.74. The molecule has 1 atom stereocenters. The number of hydrogen-bond acceptors (Lipinski definition) is 4. The molecular formula is C30H32N2O5. The Morgan fingerprint density at radius 3 is 2.03 bits per heavy atom. The van der Waals surface area contributed by atoms with Crippen LogP contribution < -0.4 is 5.32 Å². The Hall–Kier alpha value is -4.13. The summed E-state index contributed by atoms with van der Waals surface area (Å²) in [5.41, 5.74) is 5.38. The first-order chi connectivity index (χ1) is 17.8. The Morgan fingerprint density at radius 1 is 0.892 bits per heavy atom. The molecule has 0 spiro atoms. The highest BCUT2D eigenvalue weighted by molar-refractivity contribution is 5.82. The molecule has 7 heteroatoms. The minimum Gasteiger partial charge on any atom is -0.480 e. The van der Waals surface area contributed by atoms with Gasteiger partial charge in [-0.05, 0) is 33.7 Å². The molecule has 37 heavy (non-hydrogen) atoms. The van der Waals surface area contributed by atoms with Crippen LogP contribution in [0.3, 0.4) is 0 Å². The van der Waals surface area contributed by atoms with E-state index in [1.807, 2.05) is 68.4 Å². The zero-order chi connectivity index (χ0) is 26.4. The number of carbonyl (C=O) groups is 3. The van der Waals surface area contributed by atoms with E-state index in [9.17, 15) is 19.5 Å². The number of carbonyl (C=O) groups excluding carboxylic acids is 2. The summed E-state index contributed by atoms with van der Waals surface area (Å²) in [5, 5.41) is 12.2. The molecule has 3 aromatic carbocycles. The van der Waals surface area contributed by atoms with Gasteiger partial charge in [0, 0.05) is 24.9 Å². The molecule has 4 rings (SSSR count). The number of carboxylic acid groups (broad SMARTS) is 1. The van der Waals surface area contributed by atoms with Crippen LogP contribution in [0.15, 0.2) is 78.9 Å². The molecule has 0 aliphatic heterocycles. The van der Waals surface area contributed by atoms with E-state index in [0.717, 1.165) is 27.8 Å². The first kappa shape index (κ1) is 25.9. The maximum Gasteiger partial charge on any atom is 0.407 e. The van der Waals surface area contributed by atoms with Crippen molar-refractivity contribution in [3.63, 3.8) is 0 Å². The normalized spacial score (nSPS) is 12.9. The molecular weight excluding hydrogens is 468 g/mol. The third-order valence-corrected chi connectivity index (χ3v) is 6.74. The maximum absolute atomic E-state index is 13.1. The summed E-state index contributed by atoms with van der Waals surface area (Å²) in [6.07, 6.45) is -0.622. The lowest BCUT2D eigenvalue weighted by molar-refractivity contribution is -0.145. The summed E-state index contributed by atoms with van der Waals surface area (Å²) in [6.45, 7) is 3.75. The number of benzene rings is 3. The van der Waals surface area contributed by atoms with Crippen LogP contribution in [-0.4, -0.2) is 47.2 Å². The van der Waals surface area contributed by atoms with Gasteiger partial charge in [0.1, 0.15) is 13.2 Å². The predicted octanol–water partition coefficient (Wildman–Crippen LogP) is 5.05. The summed E-state index contributed by atoms with van der Waals surface area (Å²) >= 11 is 0. The van der Waals surface area contributed by atoms with E-state index in [2.05, 4.69) is 29.6 Å². The Balaban J connectivity index is 1.39. The molecule has 0 radical (unpaired) electrons. The summed E-state index contributed by atoms with van der Waals surface area (Å²) in [6, 6.07) is 25.0. The van der Waals surface area contributed by atoms with Gasteiger partial charge in [-0.2, -0.15) is 0 Å². The average Bonchev–Trinajstić information content (AvgIpc) is 3.20. The largest absolute Gasteiger partial charge is 0.480 e. The molecule has 3 aromatic rings. The molecule has 2 amide bonds. The van der Waals surface area contributed by atoms with Crippen LogP contribution in [0.5, 0.6) is 0 Å². The molecule has 1 aliphatic carbocycles. The standard InChI is InChI=1S/C30H32N2O5/c1-20(2)27(16-28(33)32(18-29(34)35)17-21-10-4-3-5-11-21)31-30(36)37-19-26-24-14-8-6-12-22(24)23-13-7-9-15-25(23)26/h3-15,20,26-27H,16-19H2,1-2H3,(H,31,36)(H,34,35)/t27-/m1/s1. The monoisotopic (exact) mass is 500 g/mol. The number of aliphatic carboxylic acids is 1. The molecule has 1 aliphatic rings. The van der Waals surface area contributed by atoms with Crippen LogP contribution in [0, 0.1) is 5.92 Å². The van der Waals surface area contributed by atoms with E-state index < -0.39 is 24.6 Å². The fourth-order valence-corrected chi connectivity index (χ4v) is 4.76. The van der Waals surface area contributed by atoms with Gasteiger partial charge in [0.15, 0.2) is 0 Å². The Morgan fingerprint density at radius 2 is 1.46 bits per heavy atom. The number of alkyl carbamates (subject to hydrolysis) is 1. The number of ether oxygens (including phenoxy) is 1. The van der Waals surface area contributed by atoms with Crippen molar-refractivity contribution in [3.05, 3.63) is 95.6 Å². The molecule has 0 heterocycles. The number of rotatable bonds is 10. The number of amides is 2. The van der Waals surface area contributed by atoms with Gasteiger partial charge >= 0.3 is 12.1 Å². The zero-order valence-corrected chi connectivity index (χ0v) is 21.1. The van der Waals surface area contributed by atoms with Crippen LogP contribution in [-0.2, 0) is 20.9 Å². The smallest absolute Gasteiger partial charge is 0.407 e. The summed E-state index contributed by atoms with van der Waals surface area (Å²) < 4.78 is 5.65. The van der Waals surface area contributed by atoms with Gasteiger partial charge in [0.25, 0.3) is 0 Å². The van der Waals surface area contributed by atoms with Crippen molar-refractivity contribution < 1.29 is 24.2 Å². The topological polar surface area (TPSA) is 95.9 Å². The molecule has 0 bridgehead atoms. The van der Waals surface area contributed by atoms with Crippen LogP contribution in [0.1, 0.15) is 42.9 Å². The summed E-state index contributed by atoms with van der Waals surface area (Å²) in [7, 11) is 0. The molecule has 192 valence electrons. The minimum atomic E-state index is -1.09. The first-order valence-corrected chi connectivity index (χ1v) is 12.5. The van der Waals surface area contributed by atoms with Gasteiger partial charge < -0.3 is 20.1 Å². The van der Waals surface area contributed by atoms with E-state index in [1.165, 1.54) is 4.90 Å². The lowest BCUT2D eigenvalue weighted by Gasteiger charge is -2.26. The zero-order valence-electron chi connectivity index (χ0n) is 21.1. The maximum atomic E-state index is 13.1. The fourth-order valence-electron chi connectivity index (χ4n) is 4.76. The van der Waals surface area contributed by atoms with Crippen LogP contribution >= 0.6 is 0 Å². The van der Waals surface area contributed by atoms with Gasteiger partial charge in [-0.3, -0.25) is 9.59 Å². The van der Waals surface area contributed by atoms with Crippen molar-refractivity contribution >= 4 is 18.0 Å². The third kappa shape index (κ3) is 6.36. The highest BCUT2D eigenvalue weighted by Gasteiger charge is 2.30. The van der Waals surface area contributed by atoms with Crippen molar-refractivity contribution in [2.45, 2.75) is 38.8 Å². The molecule has 0 unspecified atom stereocenters. The van der Waals surface area contributed by atoms with Gasteiger partial charge in [-0.1, -0.05) is 92.7 Å².